The largest absolute Gasteiger partial charge is 0.505 e. The van der Waals surface area contributed by atoms with Gasteiger partial charge in [0, 0.05) is 13.0 Å². The first kappa shape index (κ1) is 8.86. The highest BCUT2D eigenvalue weighted by atomic mass is 16.6. The van der Waals surface area contributed by atoms with Crippen LogP contribution in [0.4, 0.5) is 0 Å². The minimum atomic E-state index is -0.752. The van der Waals surface area contributed by atoms with Gasteiger partial charge in [0.25, 0.3) is 0 Å². The second-order valence-electron chi connectivity index (χ2n) is 2.32. The number of aliphatic hydroxyl groups excluding tert-OH is 2. The molecule has 0 aliphatic carbocycles. The van der Waals surface area contributed by atoms with Crippen LogP contribution in [0.1, 0.15) is 6.42 Å². The fraction of sp³-hybridized carbons (Fsp3) is 0.571. The maximum Gasteiger partial charge on any atom is 0.378 e. The molecular formula is C7H10O5. The number of hydrogen-bond donors (Lipinski definition) is 2. The van der Waals surface area contributed by atoms with E-state index in [1.165, 1.54) is 7.11 Å². The molecule has 0 bridgehead atoms. The summed E-state index contributed by atoms with van der Waals surface area (Å²) in [4.78, 5) is 10.9. The van der Waals surface area contributed by atoms with Crippen molar-refractivity contribution >= 4 is 5.97 Å². The number of aliphatic hydroxyl groups is 2. The lowest BCUT2D eigenvalue weighted by Gasteiger charge is -2.05. The highest BCUT2D eigenvalue weighted by Gasteiger charge is 2.34. The van der Waals surface area contributed by atoms with Crippen molar-refractivity contribution in [3.8, 4) is 0 Å². The molecule has 0 unspecified atom stereocenters. The molecule has 0 spiro atoms. The molecule has 1 atom stereocenters. The molecule has 0 saturated carbocycles. The minimum absolute atomic E-state index is 0.154. The number of ether oxygens (including phenoxy) is 2. The standard InChI is InChI=1S/C7H10O5/c1-11-6-5(9)4(2-3-8)12-7(6)10/h4,8-9H,2-3H2,1H3/t4-/m1/s1. The lowest BCUT2D eigenvalue weighted by Crippen LogP contribution is -2.13. The van der Waals surface area contributed by atoms with Crippen LogP contribution in [0.15, 0.2) is 11.5 Å². The normalized spacial score (nSPS) is 22.8. The zero-order valence-electron chi connectivity index (χ0n) is 6.61. The quantitative estimate of drug-likeness (QED) is 0.575. The Kier molecular flexibility index (Phi) is 2.54. The van der Waals surface area contributed by atoms with E-state index < -0.39 is 12.1 Å². The summed E-state index contributed by atoms with van der Waals surface area (Å²) < 4.78 is 9.26. The average Bonchev–Trinajstić information content (AvgIpc) is 2.29. The van der Waals surface area contributed by atoms with Gasteiger partial charge in [0.2, 0.25) is 5.76 Å². The Hall–Kier alpha value is -1.23. The van der Waals surface area contributed by atoms with Crippen molar-refractivity contribution in [3.63, 3.8) is 0 Å². The number of methoxy groups -OCH3 is 1. The van der Waals surface area contributed by atoms with E-state index in [4.69, 9.17) is 5.11 Å². The van der Waals surface area contributed by atoms with E-state index in [0.29, 0.717) is 0 Å². The smallest absolute Gasteiger partial charge is 0.378 e. The van der Waals surface area contributed by atoms with Gasteiger partial charge < -0.3 is 19.7 Å². The molecule has 1 heterocycles. The first-order valence-corrected chi connectivity index (χ1v) is 3.49. The molecule has 0 fully saturated rings. The summed E-state index contributed by atoms with van der Waals surface area (Å²) >= 11 is 0. The summed E-state index contributed by atoms with van der Waals surface area (Å²) in [6, 6.07) is 0. The van der Waals surface area contributed by atoms with Crippen LogP contribution in [-0.4, -0.2) is 36.0 Å². The predicted octanol–water partition coefficient (Wildman–Crippen LogP) is -0.290. The number of esters is 1. The van der Waals surface area contributed by atoms with Gasteiger partial charge in [-0.05, 0) is 0 Å². The van der Waals surface area contributed by atoms with E-state index in [0.717, 1.165) is 0 Å². The van der Waals surface area contributed by atoms with Crippen molar-refractivity contribution in [2.24, 2.45) is 0 Å². The van der Waals surface area contributed by atoms with Crippen LogP contribution < -0.4 is 0 Å². The van der Waals surface area contributed by atoms with Gasteiger partial charge in [-0.15, -0.1) is 0 Å². The molecule has 2 N–H and O–H groups in total. The van der Waals surface area contributed by atoms with E-state index in [-0.39, 0.29) is 24.5 Å². The van der Waals surface area contributed by atoms with Gasteiger partial charge in [-0.25, -0.2) is 4.79 Å². The van der Waals surface area contributed by atoms with E-state index in [1.807, 2.05) is 0 Å². The Morgan fingerprint density at radius 3 is 2.75 bits per heavy atom. The summed E-state index contributed by atoms with van der Waals surface area (Å²) in [5.74, 6) is -1.10. The fourth-order valence-corrected chi connectivity index (χ4v) is 0.990. The SMILES string of the molecule is COC1=C(O)[C@@H](CCO)OC1=O. The van der Waals surface area contributed by atoms with Gasteiger partial charge in [-0.3, -0.25) is 0 Å². The third-order valence-electron chi connectivity index (χ3n) is 1.57. The Morgan fingerprint density at radius 1 is 1.67 bits per heavy atom. The van der Waals surface area contributed by atoms with E-state index in [9.17, 15) is 9.90 Å². The predicted molar refractivity (Wildman–Crippen MR) is 38.2 cm³/mol. The van der Waals surface area contributed by atoms with Crippen LogP contribution in [0.5, 0.6) is 0 Å². The van der Waals surface area contributed by atoms with Crippen molar-refractivity contribution < 1.29 is 24.5 Å². The molecule has 0 saturated heterocycles. The zero-order valence-corrected chi connectivity index (χ0v) is 6.61. The maximum atomic E-state index is 10.9. The molecule has 1 aliphatic heterocycles. The molecule has 0 aromatic heterocycles. The third kappa shape index (κ3) is 1.35. The summed E-state index contributed by atoms with van der Waals surface area (Å²) in [6.45, 7) is -0.154. The van der Waals surface area contributed by atoms with Crippen molar-refractivity contribution in [2.75, 3.05) is 13.7 Å². The molecular weight excluding hydrogens is 164 g/mol. The topological polar surface area (TPSA) is 76.0 Å². The van der Waals surface area contributed by atoms with Crippen LogP contribution in [0, 0.1) is 0 Å². The number of carbonyl (C=O) groups is 1. The molecule has 1 aliphatic rings. The molecule has 5 heteroatoms. The van der Waals surface area contributed by atoms with Gasteiger partial charge in [-0.2, -0.15) is 0 Å². The van der Waals surface area contributed by atoms with E-state index >= 15 is 0 Å². The Labute approximate surface area is 69.2 Å². The minimum Gasteiger partial charge on any atom is -0.505 e. The second kappa shape index (κ2) is 3.44. The van der Waals surface area contributed by atoms with Crippen LogP contribution in [0.2, 0.25) is 0 Å². The zero-order chi connectivity index (χ0) is 9.14. The molecule has 12 heavy (non-hydrogen) atoms. The molecule has 0 radical (unpaired) electrons. The Bertz CT molecular complexity index is 220. The molecule has 5 nitrogen and oxygen atoms in total. The number of carbonyl (C=O) groups excluding carboxylic acids is 1. The molecule has 68 valence electrons. The second-order valence-corrected chi connectivity index (χ2v) is 2.32. The average molecular weight is 174 g/mol. The number of hydrogen-bond acceptors (Lipinski definition) is 5. The highest BCUT2D eigenvalue weighted by Crippen LogP contribution is 2.22. The van der Waals surface area contributed by atoms with Crippen molar-refractivity contribution in [2.45, 2.75) is 12.5 Å². The van der Waals surface area contributed by atoms with Crippen LogP contribution >= 0.6 is 0 Å². The first-order chi connectivity index (χ1) is 5.70. The lowest BCUT2D eigenvalue weighted by atomic mass is 10.2. The maximum absolute atomic E-state index is 10.9. The van der Waals surface area contributed by atoms with Gasteiger partial charge in [0.1, 0.15) is 0 Å². The summed E-state index contributed by atoms with van der Waals surface area (Å²) in [7, 11) is 1.27. The Morgan fingerprint density at radius 2 is 2.33 bits per heavy atom. The van der Waals surface area contributed by atoms with Gasteiger partial charge in [-0.1, -0.05) is 0 Å². The van der Waals surface area contributed by atoms with E-state index in [2.05, 4.69) is 9.47 Å². The third-order valence-corrected chi connectivity index (χ3v) is 1.57. The highest BCUT2D eigenvalue weighted by molar-refractivity contribution is 5.89. The monoisotopic (exact) mass is 174 g/mol. The molecule has 1 rings (SSSR count). The fourth-order valence-electron chi connectivity index (χ4n) is 0.990. The Balaban J connectivity index is 2.74. The number of cyclic esters (lactones) is 1. The van der Waals surface area contributed by atoms with Crippen LogP contribution in [0.25, 0.3) is 0 Å². The van der Waals surface area contributed by atoms with Crippen molar-refractivity contribution in [1.82, 2.24) is 0 Å². The van der Waals surface area contributed by atoms with Crippen molar-refractivity contribution in [3.05, 3.63) is 11.5 Å². The van der Waals surface area contributed by atoms with Crippen molar-refractivity contribution in [1.29, 1.82) is 0 Å². The lowest BCUT2D eigenvalue weighted by molar-refractivity contribution is -0.143. The summed E-state index contributed by atoms with van der Waals surface area (Å²) in [6.07, 6.45) is -0.567. The molecule has 0 aromatic rings. The summed E-state index contributed by atoms with van der Waals surface area (Å²) in [5, 5.41) is 17.8. The van der Waals surface area contributed by atoms with Crippen LogP contribution in [-0.2, 0) is 14.3 Å². The molecule has 0 aromatic carbocycles. The number of rotatable bonds is 3. The van der Waals surface area contributed by atoms with Gasteiger partial charge >= 0.3 is 5.97 Å². The van der Waals surface area contributed by atoms with Crippen LogP contribution in [0.3, 0.4) is 0 Å². The van der Waals surface area contributed by atoms with Gasteiger partial charge in [0.15, 0.2) is 11.9 Å². The van der Waals surface area contributed by atoms with Gasteiger partial charge in [0.05, 0.1) is 7.11 Å². The van der Waals surface area contributed by atoms with E-state index in [1.54, 1.807) is 0 Å². The first-order valence-electron chi connectivity index (χ1n) is 3.49. The molecule has 0 amide bonds. The summed E-state index contributed by atoms with van der Waals surface area (Å²) in [5.41, 5.74) is 0.